The number of aromatic nitrogens is 2. The van der Waals surface area contributed by atoms with Crippen molar-refractivity contribution in [3.8, 4) is 5.69 Å². The average molecular weight is 388 g/mol. The van der Waals surface area contributed by atoms with Gasteiger partial charge in [-0.3, -0.25) is 4.79 Å². The maximum Gasteiger partial charge on any atom is 0.274 e. The fourth-order valence-corrected chi connectivity index (χ4v) is 4.38. The van der Waals surface area contributed by atoms with Crippen LogP contribution in [0.3, 0.4) is 0 Å². The van der Waals surface area contributed by atoms with Crippen molar-refractivity contribution in [1.29, 1.82) is 0 Å². The van der Waals surface area contributed by atoms with Gasteiger partial charge in [-0.1, -0.05) is 6.92 Å². The first-order chi connectivity index (χ1) is 13.6. The van der Waals surface area contributed by atoms with Crippen molar-refractivity contribution >= 4 is 5.91 Å². The number of benzene rings is 1. The standard InChI is InChI=1S/C21H26F2N4O/c1-2-12-26(14-8-10-24-11-9-14)21(28)20-16-4-3-5-19(16)27(25-20)15-6-7-17(22)18(23)13-15/h6-7,13-14,24H,2-5,8-12H2,1H3. The lowest BCUT2D eigenvalue weighted by molar-refractivity contribution is 0.0635. The number of nitrogens with zero attached hydrogens (tertiary/aromatic N) is 3. The van der Waals surface area contributed by atoms with Gasteiger partial charge in [-0.2, -0.15) is 5.10 Å². The first kappa shape index (κ1) is 19.1. The van der Waals surface area contributed by atoms with Crippen LogP contribution in [0.15, 0.2) is 18.2 Å². The van der Waals surface area contributed by atoms with Gasteiger partial charge in [-0.15, -0.1) is 0 Å². The molecule has 5 nitrogen and oxygen atoms in total. The van der Waals surface area contributed by atoms with Crippen molar-refractivity contribution in [2.45, 2.75) is 51.5 Å². The molecule has 0 atom stereocenters. The van der Waals surface area contributed by atoms with E-state index in [0.717, 1.165) is 75.0 Å². The molecule has 7 heteroatoms. The molecule has 28 heavy (non-hydrogen) atoms. The Morgan fingerprint density at radius 1 is 1.25 bits per heavy atom. The summed E-state index contributed by atoms with van der Waals surface area (Å²) in [6.07, 6.45) is 5.30. The highest BCUT2D eigenvalue weighted by molar-refractivity contribution is 5.94. The van der Waals surface area contributed by atoms with E-state index in [1.54, 1.807) is 4.68 Å². The van der Waals surface area contributed by atoms with Crippen LogP contribution in [0.1, 0.15) is 54.4 Å². The molecular formula is C21H26F2N4O. The summed E-state index contributed by atoms with van der Waals surface area (Å²) in [5, 5.41) is 7.94. The van der Waals surface area contributed by atoms with Gasteiger partial charge in [0, 0.05) is 29.9 Å². The molecule has 2 heterocycles. The van der Waals surface area contributed by atoms with Gasteiger partial charge in [0.25, 0.3) is 5.91 Å². The average Bonchev–Trinajstić information content (AvgIpc) is 3.31. The van der Waals surface area contributed by atoms with E-state index in [2.05, 4.69) is 17.3 Å². The number of carbonyl (C=O) groups is 1. The van der Waals surface area contributed by atoms with Gasteiger partial charge < -0.3 is 10.2 Å². The summed E-state index contributed by atoms with van der Waals surface area (Å²) in [6.45, 7) is 4.61. The van der Waals surface area contributed by atoms with E-state index in [9.17, 15) is 13.6 Å². The lowest BCUT2D eigenvalue weighted by Gasteiger charge is -2.34. The molecule has 0 radical (unpaired) electrons. The first-order valence-corrected chi connectivity index (χ1v) is 10.2. The Kier molecular flexibility index (Phi) is 5.44. The van der Waals surface area contributed by atoms with Crippen LogP contribution in [0.2, 0.25) is 0 Å². The molecule has 1 aliphatic heterocycles. The molecule has 1 amide bonds. The van der Waals surface area contributed by atoms with E-state index < -0.39 is 11.6 Å². The van der Waals surface area contributed by atoms with Gasteiger partial charge in [0.15, 0.2) is 17.3 Å². The Morgan fingerprint density at radius 3 is 2.75 bits per heavy atom. The SMILES string of the molecule is CCCN(C(=O)c1nn(-c2ccc(F)c(F)c2)c2c1CCC2)C1CCNCC1. The number of fused-ring (bicyclic) bond motifs is 1. The molecule has 1 aromatic carbocycles. The molecule has 150 valence electrons. The number of piperidine rings is 1. The normalized spacial score (nSPS) is 17.0. The lowest BCUT2D eigenvalue weighted by atomic mass is 10.0. The number of hydrogen-bond acceptors (Lipinski definition) is 3. The topological polar surface area (TPSA) is 50.2 Å². The Labute approximate surface area is 163 Å². The summed E-state index contributed by atoms with van der Waals surface area (Å²) in [4.78, 5) is 15.4. The number of rotatable bonds is 5. The molecule has 1 aliphatic carbocycles. The minimum atomic E-state index is -0.907. The highest BCUT2D eigenvalue weighted by atomic mass is 19.2. The van der Waals surface area contributed by atoms with Crippen molar-refractivity contribution < 1.29 is 13.6 Å². The fourth-order valence-electron chi connectivity index (χ4n) is 4.38. The minimum Gasteiger partial charge on any atom is -0.334 e. The second-order valence-electron chi connectivity index (χ2n) is 7.62. The van der Waals surface area contributed by atoms with Crippen molar-refractivity contribution in [2.24, 2.45) is 0 Å². The summed E-state index contributed by atoms with van der Waals surface area (Å²) in [5.41, 5.74) is 2.84. The number of nitrogens with one attached hydrogen (secondary N) is 1. The highest BCUT2D eigenvalue weighted by Gasteiger charge is 2.32. The molecule has 1 fully saturated rings. The number of hydrogen-bond donors (Lipinski definition) is 1. The van der Waals surface area contributed by atoms with Crippen molar-refractivity contribution in [3.63, 3.8) is 0 Å². The van der Waals surface area contributed by atoms with Crippen LogP contribution in [0.5, 0.6) is 0 Å². The van der Waals surface area contributed by atoms with Crippen LogP contribution in [0.25, 0.3) is 5.69 Å². The summed E-state index contributed by atoms with van der Waals surface area (Å²) in [6, 6.07) is 3.98. The van der Waals surface area contributed by atoms with E-state index in [1.165, 1.54) is 6.07 Å². The van der Waals surface area contributed by atoms with Gasteiger partial charge in [-0.25, -0.2) is 13.5 Å². The van der Waals surface area contributed by atoms with Gasteiger partial charge >= 0.3 is 0 Å². The van der Waals surface area contributed by atoms with Crippen LogP contribution in [-0.2, 0) is 12.8 Å². The number of amides is 1. The molecule has 0 bridgehead atoms. The number of carbonyl (C=O) groups excluding carboxylic acids is 1. The van der Waals surface area contributed by atoms with E-state index in [0.29, 0.717) is 17.9 Å². The zero-order chi connectivity index (χ0) is 19.7. The summed E-state index contributed by atoms with van der Waals surface area (Å²) >= 11 is 0. The summed E-state index contributed by atoms with van der Waals surface area (Å²) < 4.78 is 28.7. The largest absolute Gasteiger partial charge is 0.334 e. The van der Waals surface area contributed by atoms with Crippen molar-refractivity contribution in [3.05, 3.63) is 46.8 Å². The van der Waals surface area contributed by atoms with E-state index in [1.807, 2.05) is 4.90 Å². The predicted octanol–water partition coefficient (Wildman–Crippen LogP) is 3.24. The minimum absolute atomic E-state index is 0.0340. The molecule has 1 N–H and O–H groups in total. The molecule has 2 aliphatic rings. The Hall–Kier alpha value is -2.28. The summed E-state index contributed by atoms with van der Waals surface area (Å²) in [5.74, 6) is -1.83. The van der Waals surface area contributed by atoms with E-state index >= 15 is 0 Å². The van der Waals surface area contributed by atoms with Crippen molar-refractivity contribution in [1.82, 2.24) is 20.0 Å². The third kappa shape index (κ3) is 3.43. The number of halogens is 2. The lowest BCUT2D eigenvalue weighted by Crippen LogP contribution is -2.46. The summed E-state index contributed by atoms with van der Waals surface area (Å²) in [7, 11) is 0. The van der Waals surface area contributed by atoms with Gasteiger partial charge in [0.1, 0.15) is 0 Å². The molecule has 0 unspecified atom stereocenters. The first-order valence-electron chi connectivity index (χ1n) is 10.2. The molecular weight excluding hydrogens is 362 g/mol. The van der Waals surface area contributed by atoms with Gasteiger partial charge in [0.2, 0.25) is 0 Å². The predicted molar refractivity (Wildman–Crippen MR) is 103 cm³/mol. The van der Waals surface area contributed by atoms with Crippen LogP contribution >= 0.6 is 0 Å². The van der Waals surface area contributed by atoms with Gasteiger partial charge in [-0.05, 0) is 63.7 Å². The Morgan fingerprint density at radius 2 is 2.04 bits per heavy atom. The quantitative estimate of drug-likeness (QED) is 0.856. The second-order valence-corrected chi connectivity index (χ2v) is 7.62. The molecule has 1 aromatic heterocycles. The Bertz CT molecular complexity index is 874. The zero-order valence-electron chi connectivity index (χ0n) is 16.2. The molecule has 2 aromatic rings. The molecule has 4 rings (SSSR count). The highest BCUT2D eigenvalue weighted by Crippen LogP contribution is 2.30. The maximum absolute atomic E-state index is 13.8. The smallest absolute Gasteiger partial charge is 0.274 e. The monoisotopic (exact) mass is 388 g/mol. The second kappa shape index (κ2) is 7.99. The molecule has 1 saturated heterocycles. The maximum atomic E-state index is 13.8. The van der Waals surface area contributed by atoms with Gasteiger partial charge in [0.05, 0.1) is 5.69 Å². The Balaban J connectivity index is 1.71. The third-order valence-corrected chi connectivity index (χ3v) is 5.76. The van der Waals surface area contributed by atoms with Crippen LogP contribution in [0.4, 0.5) is 8.78 Å². The van der Waals surface area contributed by atoms with Crippen LogP contribution in [-0.4, -0.2) is 46.3 Å². The van der Waals surface area contributed by atoms with E-state index in [4.69, 9.17) is 0 Å². The molecule has 0 saturated carbocycles. The third-order valence-electron chi connectivity index (χ3n) is 5.76. The zero-order valence-corrected chi connectivity index (χ0v) is 16.2. The van der Waals surface area contributed by atoms with Crippen LogP contribution in [0, 0.1) is 11.6 Å². The molecule has 0 spiro atoms. The fraction of sp³-hybridized carbons (Fsp3) is 0.524. The van der Waals surface area contributed by atoms with E-state index in [-0.39, 0.29) is 11.9 Å². The van der Waals surface area contributed by atoms with Crippen molar-refractivity contribution in [2.75, 3.05) is 19.6 Å². The van der Waals surface area contributed by atoms with Crippen LogP contribution < -0.4 is 5.32 Å².